The summed E-state index contributed by atoms with van der Waals surface area (Å²) in [5.41, 5.74) is 1.21. The van der Waals surface area contributed by atoms with E-state index in [-0.39, 0.29) is 0 Å². The van der Waals surface area contributed by atoms with Crippen molar-refractivity contribution >= 4 is 17.7 Å². The van der Waals surface area contributed by atoms with Gasteiger partial charge in [-0.3, -0.25) is 4.90 Å². The van der Waals surface area contributed by atoms with Gasteiger partial charge in [-0.1, -0.05) is 48.5 Å². The highest BCUT2D eigenvalue weighted by Gasteiger charge is 2.23. The number of urea groups is 1. The minimum atomic E-state index is -1.10. The number of hydrogen-bond donors (Lipinski definition) is 2. The quantitative estimate of drug-likeness (QED) is 0.906. The van der Waals surface area contributed by atoms with Crippen molar-refractivity contribution in [3.63, 3.8) is 0 Å². The Morgan fingerprint density at radius 1 is 1.00 bits per heavy atom. The fourth-order valence-electron chi connectivity index (χ4n) is 1.92. The van der Waals surface area contributed by atoms with E-state index in [0.717, 1.165) is 0 Å². The van der Waals surface area contributed by atoms with E-state index in [9.17, 15) is 14.7 Å². The third kappa shape index (κ3) is 3.60. The second-order valence-electron chi connectivity index (χ2n) is 4.53. The minimum absolute atomic E-state index is 0.475. The van der Waals surface area contributed by atoms with Crippen LogP contribution in [0.1, 0.15) is 11.6 Å². The van der Waals surface area contributed by atoms with Crippen molar-refractivity contribution in [2.24, 2.45) is 0 Å². The lowest BCUT2D eigenvalue weighted by atomic mass is 10.1. The van der Waals surface area contributed by atoms with E-state index in [2.05, 4.69) is 5.32 Å². The first-order chi connectivity index (χ1) is 10.1. The molecule has 2 amide bonds. The van der Waals surface area contributed by atoms with Gasteiger partial charge < -0.3 is 10.4 Å². The first kappa shape index (κ1) is 14.6. The summed E-state index contributed by atoms with van der Waals surface area (Å²) < 4.78 is 0. The van der Waals surface area contributed by atoms with Crippen LogP contribution in [0, 0.1) is 0 Å². The molecule has 5 nitrogen and oxygen atoms in total. The second kappa shape index (κ2) is 6.56. The topological polar surface area (TPSA) is 69.6 Å². The zero-order valence-corrected chi connectivity index (χ0v) is 11.6. The van der Waals surface area contributed by atoms with Crippen LogP contribution in [0.25, 0.3) is 0 Å². The maximum atomic E-state index is 12.2. The summed E-state index contributed by atoms with van der Waals surface area (Å²) >= 11 is 0. The SMILES string of the molecule is CN(C(=O)N[C@@H](C(=O)O)c1ccccc1)c1ccccc1. The molecule has 0 aromatic heterocycles. The standard InChI is InChI=1S/C16H16N2O3/c1-18(13-10-6-3-7-11-13)16(21)17-14(15(19)20)12-8-4-2-5-9-12/h2-11,14H,1H3,(H,17,21)(H,19,20)/t14-/m1/s1. The van der Waals surface area contributed by atoms with Crippen molar-refractivity contribution in [1.82, 2.24) is 5.32 Å². The monoisotopic (exact) mass is 284 g/mol. The molecule has 0 saturated carbocycles. The molecular weight excluding hydrogens is 268 g/mol. The Morgan fingerprint density at radius 3 is 2.05 bits per heavy atom. The third-order valence-corrected chi connectivity index (χ3v) is 3.10. The molecule has 0 unspecified atom stereocenters. The normalized spacial score (nSPS) is 11.5. The van der Waals surface area contributed by atoms with E-state index < -0.39 is 18.0 Å². The van der Waals surface area contributed by atoms with Crippen LogP contribution in [0.15, 0.2) is 60.7 Å². The number of carbonyl (C=O) groups is 2. The van der Waals surface area contributed by atoms with Crippen molar-refractivity contribution in [3.05, 3.63) is 66.2 Å². The van der Waals surface area contributed by atoms with E-state index in [0.29, 0.717) is 11.3 Å². The number of nitrogens with zero attached hydrogens (tertiary/aromatic N) is 1. The Balaban J connectivity index is 2.14. The van der Waals surface area contributed by atoms with Gasteiger partial charge in [-0.05, 0) is 17.7 Å². The fraction of sp³-hybridized carbons (Fsp3) is 0.125. The molecule has 0 radical (unpaired) electrons. The van der Waals surface area contributed by atoms with E-state index in [4.69, 9.17) is 0 Å². The molecule has 21 heavy (non-hydrogen) atoms. The average Bonchev–Trinajstić information content (AvgIpc) is 2.53. The van der Waals surface area contributed by atoms with Crippen LogP contribution >= 0.6 is 0 Å². The molecule has 2 N–H and O–H groups in total. The highest BCUT2D eigenvalue weighted by atomic mass is 16.4. The number of carboxylic acids is 1. The Labute approximate surface area is 122 Å². The van der Waals surface area contributed by atoms with Crippen LogP contribution in [0.3, 0.4) is 0 Å². The third-order valence-electron chi connectivity index (χ3n) is 3.10. The number of aliphatic carboxylic acids is 1. The number of rotatable bonds is 4. The Hall–Kier alpha value is -2.82. The van der Waals surface area contributed by atoms with Gasteiger partial charge in [-0.15, -0.1) is 0 Å². The summed E-state index contributed by atoms with van der Waals surface area (Å²) in [5, 5.41) is 11.8. The van der Waals surface area contributed by atoms with Crippen LogP contribution in [0.4, 0.5) is 10.5 Å². The molecule has 0 saturated heterocycles. The fourth-order valence-corrected chi connectivity index (χ4v) is 1.92. The number of carboxylic acid groups (broad SMARTS) is 1. The molecule has 2 aromatic rings. The van der Waals surface area contributed by atoms with Crippen LogP contribution in [0.2, 0.25) is 0 Å². The molecule has 0 spiro atoms. The number of hydrogen-bond acceptors (Lipinski definition) is 2. The molecule has 108 valence electrons. The lowest BCUT2D eigenvalue weighted by molar-refractivity contribution is -0.139. The van der Waals surface area contributed by atoms with Gasteiger partial charge in [0.05, 0.1) is 0 Å². The van der Waals surface area contributed by atoms with Gasteiger partial charge in [0, 0.05) is 12.7 Å². The van der Waals surface area contributed by atoms with Crippen LogP contribution in [-0.2, 0) is 4.79 Å². The number of benzene rings is 2. The van der Waals surface area contributed by atoms with Crippen LogP contribution < -0.4 is 10.2 Å². The predicted molar refractivity (Wildman–Crippen MR) is 80.2 cm³/mol. The lowest BCUT2D eigenvalue weighted by Gasteiger charge is -2.21. The summed E-state index contributed by atoms with van der Waals surface area (Å²) in [7, 11) is 1.59. The van der Waals surface area contributed by atoms with Crippen molar-refractivity contribution in [2.45, 2.75) is 6.04 Å². The number of nitrogens with one attached hydrogen (secondary N) is 1. The molecule has 0 bridgehead atoms. The predicted octanol–water partition coefficient (Wildman–Crippen LogP) is 2.66. The smallest absolute Gasteiger partial charge is 0.330 e. The Bertz CT molecular complexity index is 614. The molecule has 0 aliphatic rings. The summed E-state index contributed by atoms with van der Waals surface area (Å²) in [6.07, 6.45) is 0. The number of carbonyl (C=O) groups excluding carboxylic acids is 1. The second-order valence-corrected chi connectivity index (χ2v) is 4.53. The summed E-state index contributed by atoms with van der Waals surface area (Å²) in [4.78, 5) is 24.9. The van der Waals surface area contributed by atoms with Crippen molar-refractivity contribution in [2.75, 3.05) is 11.9 Å². The first-order valence-corrected chi connectivity index (χ1v) is 6.46. The van der Waals surface area contributed by atoms with Gasteiger partial charge in [0.1, 0.15) is 0 Å². The Kier molecular flexibility index (Phi) is 4.56. The zero-order chi connectivity index (χ0) is 15.2. The van der Waals surface area contributed by atoms with E-state index in [1.165, 1.54) is 4.90 Å². The summed E-state index contributed by atoms with van der Waals surface area (Å²) in [6, 6.07) is 16.1. The highest BCUT2D eigenvalue weighted by Crippen LogP contribution is 2.15. The first-order valence-electron chi connectivity index (χ1n) is 6.46. The molecule has 2 rings (SSSR count). The van der Waals surface area contributed by atoms with E-state index in [1.807, 2.05) is 18.2 Å². The van der Waals surface area contributed by atoms with Gasteiger partial charge in [0.15, 0.2) is 6.04 Å². The van der Waals surface area contributed by atoms with Crippen LogP contribution in [-0.4, -0.2) is 24.2 Å². The molecule has 5 heteroatoms. The molecule has 0 fully saturated rings. The molecule has 0 aliphatic carbocycles. The molecule has 0 aliphatic heterocycles. The van der Waals surface area contributed by atoms with Gasteiger partial charge in [0.2, 0.25) is 0 Å². The van der Waals surface area contributed by atoms with Gasteiger partial charge in [0.25, 0.3) is 0 Å². The molecule has 0 heterocycles. The number of para-hydroxylation sites is 1. The maximum absolute atomic E-state index is 12.2. The largest absolute Gasteiger partial charge is 0.479 e. The van der Waals surface area contributed by atoms with Crippen molar-refractivity contribution < 1.29 is 14.7 Å². The average molecular weight is 284 g/mol. The van der Waals surface area contributed by atoms with Crippen LogP contribution in [0.5, 0.6) is 0 Å². The van der Waals surface area contributed by atoms with Gasteiger partial charge in [-0.25, -0.2) is 9.59 Å². The highest BCUT2D eigenvalue weighted by molar-refractivity contribution is 5.94. The van der Waals surface area contributed by atoms with Gasteiger partial charge >= 0.3 is 12.0 Å². The number of amides is 2. The molecular formula is C16H16N2O3. The van der Waals surface area contributed by atoms with E-state index in [1.54, 1.807) is 49.5 Å². The van der Waals surface area contributed by atoms with Gasteiger partial charge in [-0.2, -0.15) is 0 Å². The lowest BCUT2D eigenvalue weighted by Crippen LogP contribution is -2.42. The minimum Gasteiger partial charge on any atom is -0.479 e. The Morgan fingerprint density at radius 2 is 1.52 bits per heavy atom. The summed E-state index contributed by atoms with van der Waals surface area (Å²) in [6.45, 7) is 0. The zero-order valence-electron chi connectivity index (χ0n) is 11.6. The molecule has 1 atom stereocenters. The van der Waals surface area contributed by atoms with E-state index >= 15 is 0 Å². The number of anilines is 1. The maximum Gasteiger partial charge on any atom is 0.330 e. The molecule has 2 aromatic carbocycles. The summed E-state index contributed by atoms with van der Waals surface area (Å²) in [5.74, 6) is -1.10. The van der Waals surface area contributed by atoms with Crippen molar-refractivity contribution in [3.8, 4) is 0 Å². The van der Waals surface area contributed by atoms with Crippen molar-refractivity contribution in [1.29, 1.82) is 0 Å².